The molecule has 9 heteroatoms. The van der Waals surface area contributed by atoms with Gasteiger partial charge in [0.05, 0.1) is 18.8 Å². The van der Waals surface area contributed by atoms with Crippen LogP contribution in [-0.4, -0.2) is 66.5 Å². The number of ether oxygens (including phenoxy) is 1. The Morgan fingerprint density at radius 2 is 1.63 bits per heavy atom. The molecule has 1 saturated heterocycles. The Kier molecular flexibility index (Phi) is 8.24. The summed E-state index contributed by atoms with van der Waals surface area (Å²) in [5.74, 6) is -0.468. The molecule has 1 atom stereocenters. The van der Waals surface area contributed by atoms with Crippen LogP contribution in [0.3, 0.4) is 0 Å². The van der Waals surface area contributed by atoms with Gasteiger partial charge in [0.25, 0.3) is 0 Å². The third-order valence-corrected chi connectivity index (χ3v) is 6.09. The van der Waals surface area contributed by atoms with E-state index in [1.807, 2.05) is 42.6 Å². The summed E-state index contributed by atoms with van der Waals surface area (Å²) in [6.45, 7) is 3.77. The van der Waals surface area contributed by atoms with Crippen molar-refractivity contribution >= 4 is 17.5 Å². The normalized spacial score (nSPS) is 14.7. The Bertz CT molecular complexity index is 1100. The lowest BCUT2D eigenvalue weighted by Crippen LogP contribution is -2.51. The average molecular weight is 475 g/mol. The predicted molar refractivity (Wildman–Crippen MR) is 133 cm³/mol. The molecule has 1 fully saturated rings. The fourth-order valence-corrected chi connectivity index (χ4v) is 4.23. The van der Waals surface area contributed by atoms with Gasteiger partial charge in [0.1, 0.15) is 5.75 Å². The predicted octanol–water partition coefficient (Wildman–Crippen LogP) is 1.78. The van der Waals surface area contributed by atoms with E-state index in [4.69, 9.17) is 4.74 Å². The van der Waals surface area contributed by atoms with Gasteiger partial charge in [-0.25, -0.2) is 0 Å². The van der Waals surface area contributed by atoms with Crippen LogP contribution >= 0.6 is 0 Å². The maximum absolute atomic E-state index is 12.5. The van der Waals surface area contributed by atoms with E-state index in [0.29, 0.717) is 6.54 Å². The van der Waals surface area contributed by atoms with Crippen LogP contribution in [0.25, 0.3) is 0 Å². The molecular formula is C26H30N6O3. The lowest BCUT2D eigenvalue weighted by molar-refractivity contribution is -0.139. The quantitative estimate of drug-likeness (QED) is 0.480. The highest BCUT2D eigenvalue weighted by molar-refractivity contribution is 6.35. The van der Waals surface area contributed by atoms with Crippen LogP contribution in [0, 0.1) is 0 Å². The second-order valence-electron chi connectivity index (χ2n) is 8.25. The molecule has 3 aromatic rings. The zero-order valence-corrected chi connectivity index (χ0v) is 19.8. The summed E-state index contributed by atoms with van der Waals surface area (Å²) in [4.78, 5) is 37.7. The molecule has 4 rings (SSSR count). The number of para-hydroxylation sites is 2. The number of piperazine rings is 1. The fourth-order valence-electron chi connectivity index (χ4n) is 4.23. The van der Waals surface area contributed by atoms with E-state index in [-0.39, 0.29) is 12.6 Å². The number of carbonyl (C=O) groups is 2. The van der Waals surface area contributed by atoms with Gasteiger partial charge in [0, 0.05) is 64.1 Å². The van der Waals surface area contributed by atoms with Crippen LogP contribution in [0.15, 0.2) is 73.3 Å². The Morgan fingerprint density at radius 1 is 0.914 bits per heavy atom. The number of carbonyl (C=O) groups excluding carboxylic acids is 2. The number of nitrogens with one attached hydrogen (secondary N) is 2. The summed E-state index contributed by atoms with van der Waals surface area (Å²) in [5, 5.41) is 5.45. The molecule has 2 aromatic heterocycles. The van der Waals surface area contributed by atoms with E-state index in [9.17, 15) is 9.59 Å². The molecule has 2 N–H and O–H groups in total. The molecule has 9 nitrogen and oxygen atoms in total. The van der Waals surface area contributed by atoms with Crippen LogP contribution in [0.4, 0.5) is 5.69 Å². The summed E-state index contributed by atoms with van der Waals surface area (Å²) in [6, 6.07) is 15.4. The maximum Gasteiger partial charge on any atom is 0.309 e. The van der Waals surface area contributed by atoms with Gasteiger partial charge in [-0.15, -0.1) is 0 Å². The Balaban J connectivity index is 1.36. The van der Waals surface area contributed by atoms with Gasteiger partial charge in [-0.05, 0) is 35.4 Å². The first-order valence-electron chi connectivity index (χ1n) is 11.6. The molecule has 1 aliphatic rings. The first kappa shape index (κ1) is 24.2. The monoisotopic (exact) mass is 474 g/mol. The number of hydrogen-bond acceptors (Lipinski definition) is 7. The van der Waals surface area contributed by atoms with Crippen molar-refractivity contribution in [3.8, 4) is 5.75 Å². The van der Waals surface area contributed by atoms with Crippen LogP contribution in [0.5, 0.6) is 5.75 Å². The summed E-state index contributed by atoms with van der Waals surface area (Å²) in [6.07, 6.45) is 6.85. The standard InChI is InChI=1S/C26H30N6O3/c1-35-24-9-3-2-8-22(24)31-12-14-32(15-13-31)23(21-7-5-11-28-18-21)19-30-26(34)25(33)29-17-20-6-4-10-27-16-20/h2-11,16,18,23H,12-15,17,19H2,1H3,(H,29,33)(H,30,34)/t23-/m0/s1. The van der Waals surface area contributed by atoms with E-state index >= 15 is 0 Å². The van der Waals surface area contributed by atoms with Crippen molar-refractivity contribution in [3.05, 3.63) is 84.4 Å². The van der Waals surface area contributed by atoms with Crippen molar-refractivity contribution in [3.63, 3.8) is 0 Å². The molecule has 1 aromatic carbocycles. The minimum absolute atomic E-state index is 0.0985. The van der Waals surface area contributed by atoms with Crippen LogP contribution in [0.2, 0.25) is 0 Å². The van der Waals surface area contributed by atoms with Crippen LogP contribution < -0.4 is 20.3 Å². The lowest BCUT2D eigenvalue weighted by Gasteiger charge is -2.40. The molecular weight excluding hydrogens is 444 g/mol. The van der Waals surface area contributed by atoms with Crippen molar-refractivity contribution < 1.29 is 14.3 Å². The Hall–Kier alpha value is -3.98. The van der Waals surface area contributed by atoms with E-state index < -0.39 is 11.8 Å². The fraction of sp³-hybridized carbons (Fsp3) is 0.308. The van der Waals surface area contributed by atoms with E-state index in [1.54, 1.807) is 31.8 Å². The lowest BCUT2D eigenvalue weighted by atomic mass is 10.1. The highest BCUT2D eigenvalue weighted by Gasteiger charge is 2.27. The van der Waals surface area contributed by atoms with Gasteiger partial charge < -0.3 is 20.3 Å². The van der Waals surface area contributed by atoms with Crippen LogP contribution in [-0.2, 0) is 16.1 Å². The molecule has 0 aliphatic carbocycles. The van der Waals surface area contributed by atoms with E-state index in [2.05, 4.69) is 36.5 Å². The minimum Gasteiger partial charge on any atom is -0.495 e. The number of rotatable bonds is 8. The highest BCUT2D eigenvalue weighted by Crippen LogP contribution is 2.30. The van der Waals surface area contributed by atoms with Crippen molar-refractivity contribution in [2.24, 2.45) is 0 Å². The Morgan fingerprint density at radius 3 is 2.31 bits per heavy atom. The number of methoxy groups -OCH3 is 1. The third-order valence-electron chi connectivity index (χ3n) is 6.09. The first-order chi connectivity index (χ1) is 17.2. The van der Waals surface area contributed by atoms with Crippen molar-refractivity contribution in [2.45, 2.75) is 12.6 Å². The van der Waals surface area contributed by atoms with Gasteiger partial charge in [-0.3, -0.25) is 24.5 Å². The zero-order chi connectivity index (χ0) is 24.5. The molecule has 35 heavy (non-hydrogen) atoms. The SMILES string of the molecule is COc1ccccc1N1CCN([C@@H](CNC(=O)C(=O)NCc2cccnc2)c2cccnc2)CC1. The second-order valence-corrected chi connectivity index (χ2v) is 8.25. The summed E-state index contributed by atoms with van der Waals surface area (Å²) in [7, 11) is 1.68. The van der Waals surface area contributed by atoms with E-state index in [0.717, 1.165) is 48.7 Å². The van der Waals surface area contributed by atoms with Crippen molar-refractivity contribution in [1.29, 1.82) is 0 Å². The zero-order valence-electron chi connectivity index (χ0n) is 19.8. The third kappa shape index (κ3) is 6.33. The average Bonchev–Trinajstić information content (AvgIpc) is 2.93. The smallest absolute Gasteiger partial charge is 0.309 e. The van der Waals surface area contributed by atoms with Crippen molar-refractivity contribution in [1.82, 2.24) is 25.5 Å². The Labute approximate surface area is 205 Å². The molecule has 182 valence electrons. The van der Waals surface area contributed by atoms with Gasteiger partial charge in [0.15, 0.2) is 0 Å². The number of nitrogens with zero attached hydrogens (tertiary/aromatic N) is 4. The molecule has 2 amide bonds. The number of aromatic nitrogens is 2. The number of hydrogen-bond donors (Lipinski definition) is 2. The molecule has 0 saturated carbocycles. The summed E-state index contributed by atoms with van der Waals surface area (Å²) in [5.41, 5.74) is 2.90. The van der Waals surface area contributed by atoms with E-state index in [1.165, 1.54) is 0 Å². The minimum atomic E-state index is -0.667. The molecule has 0 spiro atoms. The summed E-state index contributed by atoms with van der Waals surface area (Å²) < 4.78 is 5.53. The highest BCUT2D eigenvalue weighted by atomic mass is 16.5. The van der Waals surface area contributed by atoms with Gasteiger partial charge in [0.2, 0.25) is 0 Å². The summed E-state index contributed by atoms with van der Waals surface area (Å²) >= 11 is 0. The van der Waals surface area contributed by atoms with Crippen molar-refractivity contribution in [2.75, 3.05) is 44.7 Å². The van der Waals surface area contributed by atoms with Gasteiger partial charge in [-0.2, -0.15) is 0 Å². The number of pyridine rings is 2. The largest absolute Gasteiger partial charge is 0.495 e. The first-order valence-corrected chi connectivity index (χ1v) is 11.6. The van der Waals surface area contributed by atoms with Crippen LogP contribution in [0.1, 0.15) is 17.2 Å². The van der Waals surface area contributed by atoms with Gasteiger partial charge >= 0.3 is 11.8 Å². The number of benzene rings is 1. The molecule has 0 bridgehead atoms. The maximum atomic E-state index is 12.5. The second kappa shape index (κ2) is 11.9. The molecule has 1 aliphatic heterocycles. The van der Waals surface area contributed by atoms with Gasteiger partial charge in [-0.1, -0.05) is 24.3 Å². The number of anilines is 1. The molecule has 0 unspecified atom stereocenters. The molecule has 3 heterocycles. The molecule has 0 radical (unpaired) electrons. The topological polar surface area (TPSA) is 99.7 Å². The number of amides is 2.